The smallest absolute Gasteiger partial charge is 0.387 e. The highest BCUT2D eigenvalue weighted by atomic mass is 32.1. The van der Waals surface area contributed by atoms with Gasteiger partial charge in [0.1, 0.15) is 11.5 Å². The largest absolute Gasteiger partial charge is 0.497 e. The maximum absolute atomic E-state index is 12.7. The van der Waals surface area contributed by atoms with Gasteiger partial charge in [0, 0.05) is 17.5 Å². The first-order chi connectivity index (χ1) is 13.1. The Morgan fingerprint density at radius 3 is 2.56 bits per heavy atom. The fraction of sp³-hybridized carbons (Fsp3) is 0.211. The van der Waals surface area contributed by atoms with Gasteiger partial charge in [0.25, 0.3) is 0 Å². The Balaban J connectivity index is 2.07. The number of hydrogen-bond acceptors (Lipinski definition) is 5. The number of aromatic nitrogens is 1. The molecule has 0 aliphatic heterocycles. The summed E-state index contributed by atoms with van der Waals surface area (Å²) in [4.78, 5) is 5.23. The van der Waals surface area contributed by atoms with Gasteiger partial charge in [0.15, 0.2) is 4.80 Å². The lowest BCUT2D eigenvalue weighted by atomic mass is 10.1. The first kappa shape index (κ1) is 19.1. The SMILES string of the molecule is COc1ccc(N=c2scc(-c3ccccc3OC(F)F)n2CCO)cc1. The van der Waals surface area contributed by atoms with E-state index in [4.69, 9.17) is 4.74 Å². The van der Waals surface area contributed by atoms with E-state index in [9.17, 15) is 13.9 Å². The van der Waals surface area contributed by atoms with E-state index in [1.807, 2.05) is 17.5 Å². The van der Waals surface area contributed by atoms with E-state index in [2.05, 4.69) is 9.73 Å². The number of aliphatic hydroxyl groups excluding tert-OH is 1. The van der Waals surface area contributed by atoms with E-state index >= 15 is 0 Å². The summed E-state index contributed by atoms with van der Waals surface area (Å²) >= 11 is 1.35. The molecular weight excluding hydrogens is 374 g/mol. The van der Waals surface area contributed by atoms with Gasteiger partial charge in [-0.15, -0.1) is 11.3 Å². The minimum Gasteiger partial charge on any atom is -0.497 e. The van der Waals surface area contributed by atoms with E-state index in [0.29, 0.717) is 21.7 Å². The number of halogens is 2. The quantitative estimate of drug-likeness (QED) is 0.660. The summed E-state index contributed by atoms with van der Waals surface area (Å²) in [5.74, 6) is 0.801. The normalized spacial score (nSPS) is 11.8. The van der Waals surface area contributed by atoms with Gasteiger partial charge in [-0.1, -0.05) is 12.1 Å². The molecule has 1 N–H and O–H groups in total. The number of hydrogen-bond donors (Lipinski definition) is 1. The topological polar surface area (TPSA) is 56.0 Å². The van der Waals surface area contributed by atoms with Crippen molar-refractivity contribution in [3.63, 3.8) is 0 Å². The minimum atomic E-state index is -2.92. The van der Waals surface area contributed by atoms with Crippen molar-refractivity contribution in [1.82, 2.24) is 4.57 Å². The standard InChI is InChI=1S/C19H18F2N2O3S/c1-25-14-8-6-13(7-9-14)22-19-23(10-11-24)16(12-27-19)15-4-2-3-5-17(15)26-18(20)21/h2-9,12,18,24H,10-11H2,1H3. The molecule has 0 atom stereocenters. The number of methoxy groups -OCH3 is 1. The van der Waals surface area contributed by atoms with E-state index in [1.165, 1.54) is 17.4 Å². The van der Waals surface area contributed by atoms with E-state index in [-0.39, 0.29) is 18.9 Å². The number of benzene rings is 2. The molecule has 5 nitrogen and oxygen atoms in total. The maximum atomic E-state index is 12.7. The number of thiazole rings is 1. The molecule has 0 bridgehead atoms. The highest BCUT2D eigenvalue weighted by Gasteiger charge is 2.15. The molecule has 1 heterocycles. The molecular formula is C19H18F2N2O3S. The second-order valence-corrected chi connectivity index (χ2v) is 6.30. The zero-order chi connectivity index (χ0) is 19.2. The Kier molecular flexibility index (Phi) is 6.20. The monoisotopic (exact) mass is 392 g/mol. The molecule has 142 valence electrons. The molecule has 3 rings (SSSR count). The molecule has 0 unspecified atom stereocenters. The van der Waals surface area contributed by atoms with Crippen LogP contribution in [0.2, 0.25) is 0 Å². The Bertz CT molecular complexity index is 952. The fourth-order valence-electron chi connectivity index (χ4n) is 2.59. The Morgan fingerprint density at radius 1 is 1.15 bits per heavy atom. The summed E-state index contributed by atoms with van der Waals surface area (Å²) < 4.78 is 37.0. The average molecular weight is 392 g/mol. The van der Waals surface area contributed by atoms with Gasteiger partial charge in [0.2, 0.25) is 0 Å². The summed E-state index contributed by atoms with van der Waals surface area (Å²) in [6, 6.07) is 13.8. The van der Waals surface area contributed by atoms with E-state index < -0.39 is 6.61 Å². The molecule has 0 saturated heterocycles. The van der Waals surface area contributed by atoms with Gasteiger partial charge >= 0.3 is 6.61 Å². The summed E-state index contributed by atoms with van der Waals surface area (Å²) in [6.45, 7) is -2.76. The third-order valence-electron chi connectivity index (χ3n) is 3.80. The van der Waals surface area contributed by atoms with Crippen LogP contribution in [0.3, 0.4) is 0 Å². The molecule has 0 spiro atoms. The number of para-hydroxylation sites is 1. The zero-order valence-electron chi connectivity index (χ0n) is 14.5. The number of aliphatic hydroxyl groups is 1. The van der Waals surface area contributed by atoms with Gasteiger partial charge in [0.05, 0.1) is 25.1 Å². The molecule has 27 heavy (non-hydrogen) atoms. The van der Waals surface area contributed by atoms with Crippen LogP contribution >= 0.6 is 11.3 Å². The van der Waals surface area contributed by atoms with Gasteiger partial charge < -0.3 is 19.1 Å². The highest BCUT2D eigenvalue weighted by Crippen LogP contribution is 2.31. The third-order valence-corrected chi connectivity index (χ3v) is 4.66. The molecule has 0 fully saturated rings. The second kappa shape index (κ2) is 8.79. The van der Waals surface area contributed by atoms with Crippen LogP contribution < -0.4 is 14.3 Å². The molecule has 0 aliphatic carbocycles. The van der Waals surface area contributed by atoms with Gasteiger partial charge in [-0.2, -0.15) is 8.78 Å². The third kappa shape index (κ3) is 4.53. The summed E-state index contributed by atoms with van der Waals surface area (Å²) in [5.41, 5.74) is 1.88. The molecule has 8 heteroatoms. The fourth-order valence-corrected chi connectivity index (χ4v) is 3.54. The molecule has 1 aromatic heterocycles. The van der Waals surface area contributed by atoms with Crippen LogP contribution in [0.15, 0.2) is 58.9 Å². The van der Waals surface area contributed by atoms with Crippen LogP contribution in [-0.4, -0.2) is 30.0 Å². The van der Waals surface area contributed by atoms with Crippen molar-refractivity contribution in [2.45, 2.75) is 13.2 Å². The van der Waals surface area contributed by atoms with Crippen molar-refractivity contribution in [3.05, 3.63) is 58.7 Å². The molecule has 0 aliphatic rings. The van der Waals surface area contributed by atoms with Crippen LogP contribution in [-0.2, 0) is 6.54 Å². The van der Waals surface area contributed by atoms with Crippen molar-refractivity contribution in [2.24, 2.45) is 4.99 Å². The van der Waals surface area contributed by atoms with Gasteiger partial charge in [-0.3, -0.25) is 0 Å². The van der Waals surface area contributed by atoms with Gasteiger partial charge in [-0.05, 0) is 36.4 Å². The van der Waals surface area contributed by atoms with Crippen LogP contribution in [0.25, 0.3) is 11.3 Å². The molecule has 0 amide bonds. The van der Waals surface area contributed by atoms with Crippen molar-refractivity contribution < 1.29 is 23.4 Å². The summed E-state index contributed by atoms with van der Waals surface area (Å²) in [7, 11) is 1.59. The zero-order valence-corrected chi connectivity index (χ0v) is 15.3. The van der Waals surface area contributed by atoms with Crippen molar-refractivity contribution in [2.75, 3.05) is 13.7 Å². The van der Waals surface area contributed by atoms with Crippen molar-refractivity contribution in [3.8, 4) is 22.8 Å². The molecule has 2 aromatic carbocycles. The number of ether oxygens (including phenoxy) is 2. The number of rotatable bonds is 7. The Hall–Kier alpha value is -2.71. The van der Waals surface area contributed by atoms with Gasteiger partial charge in [-0.25, -0.2) is 4.99 Å². The minimum absolute atomic E-state index is 0.0768. The summed E-state index contributed by atoms with van der Waals surface area (Å²) in [6.07, 6.45) is 0. The molecule has 0 radical (unpaired) electrons. The summed E-state index contributed by atoms with van der Waals surface area (Å²) in [5, 5.41) is 11.3. The predicted octanol–water partition coefficient (Wildman–Crippen LogP) is 4.05. The van der Waals surface area contributed by atoms with Crippen LogP contribution in [0, 0.1) is 0 Å². The number of alkyl halides is 2. The maximum Gasteiger partial charge on any atom is 0.387 e. The lowest BCUT2D eigenvalue weighted by Crippen LogP contribution is -2.18. The van der Waals surface area contributed by atoms with Crippen molar-refractivity contribution >= 4 is 17.0 Å². The van der Waals surface area contributed by atoms with E-state index in [1.54, 1.807) is 42.0 Å². The lowest BCUT2D eigenvalue weighted by Gasteiger charge is -2.12. The highest BCUT2D eigenvalue weighted by molar-refractivity contribution is 7.07. The first-order valence-corrected chi connectivity index (χ1v) is 9.02. The first-order valence-electron chi connectivity index (χ1n) is 8.14. The predicted molar refractivity (Wildman–Crippen MR) is 99.7 cm³/mol. The molecule has 3 aromatic rings. The Morgan fingerprint density at radius 2 is 1.89 bits per heavy atom. The Labute approximate surface area is 158 Å². The molecule has 0 saturated carbocycles. The average Bonchev–Trinajstić information content (AvgIpc) is 3.05. The van der Waals surface area contributed by atoms with Crippen LogP contribution in [0.4, 0.5) is 14.5 Å². The van der Waals surface area contributed by atoms with Crippen LogP contribution in [0.5, 0.6) is 11.5 Å². The van der Waals surface area contributed by atoms with Crippen molar-refractivity contribution in [1.29, 1.82) is 0 Å². The van der Waals surface area contributed by atoms with Crippen LogP contribution in [0.1, 0.15) is 0 Å². The lowest BCUT2D eigenvalue weighted by molar-refractivity contribution is -0.0494. The van der Waals surface area contributed by atoms with E-state index in [0.717, 1.165) is 5.75 Å². The second-order valence-electron chi connectivity index (χ2n) is 5.46. The number of nitrogens with zero attached hydrogens (tertiary/aromatic N) is 2.